The normalized spacial score (nSPS) is 11.3. The molecule has 20 heavy (non-hydrogen) atoms. The molecule has 104 valence electrons. The Balaban J connectivity index is 2.08. The molecule has 0 unspecified atom stereocenters. The van der Waals surface area contributed by atoms with Crippen molar-refractivity contribution in [1.29, 1.82) is 0 Å². The van der Waals surface area contributed by atoms with E-state index in [9.17, 15) is 0 Å². The Bertz CT molecular complexity index is 748. The van der Waals surface area contributed by atoms with Crippen molar-refractivity contribution >= 4 is 45.6 Å². The van der Waals surface area contributed by atoms with Crippen LogP contribution in [0.5, 0.6) is 0 Å². The molecular weight excluding hydrogens is 313 g/mol. The van der Waals surface area contributed by atoms with Crippen LogP contribution in [0, 0.1) is 6.92 Å². The summed E-state index contributed by atoms with van der Waals surface area (Å²) in [6, 6.07) is 5.80. The summed E-state index contributed by atoms with van der Waals surface area (Å²) < 4.78 is 2.20. The highest BCUT2D eigenvalue weighted by atomic mass is 35.5. The Kier molecular flexibility index (Phi) is 3.96. The lowest BCUT2D eigenvalue weighted by molar-refractivity contribution is 0.762. The van der Waals surface area contributed by atoms with Gasteiger partial charge >= 0.3 is 0 Å². The van der Waals surface area contributed by atoms with Crippen molar-refractivity contribution in [3.05, 3.63) is 45.1 Å². The zero-order valence-electron chi connectivity index (χ0n) is 10.9. The van der Waals surface area contributed by atoms with Crippen LogP contribution in [0.3, 0.4) is 0 Å². The van der Waals surface area contributed by atoms with Crippen LogP contribution in [0.4, 0.5) is 0 Å². The Hall–Kier alpha value is -1.10. The first-order chi connectivity index (χ1) is 9.67. The van der Waals surface area contributed by atoms with E-state index in [1.165, 1.54) is 4.88 Å². The minimum atomic E-state index is 0.554. The molecule has 0 aliphatic rings. The van der Waals surface area contributed by atoms with E-state index in [1.54, 1.807) is 11.3 Å². The van der Waals surface area contributed by atoms with Gasteiger partial charge in [-0.2, -0.15) is 0 Å². The van der Waals surface area contributed by atoms with Crippen LogP contribution in [0.1, 0.15) is 15.7 Å². The van der Waals surface area contributed by atoms with Gasteiger partial charge in [-0.1, -0.05) is 11.6 Å². The molecule has 0 amide bonds. The van der Waals surface area contributed by atoms with Crippen LogP contribution in [-0.4, -0.2) is 20.4 Å². The first kappa shape index (κ1) is 13.9. The highest BCUT2D eigenvalue weighted by Crippen LogP contribution is 2.23. The fraction of sp³-hybridized carbons (Fsp3) is 0.286. The van der Waals surface area contributed by atoms with E-state index in [0.717, 1.165) is 34.8 Å². The van der Waals surface area contributed by atoms with Gasteiger partial charge in [0.1, 0.15) is 5.82 Å². The van der Waals surface area contributed by atoms with E-state index in [1.807, 2.05) is 31.3 Å². The molecule has 0 aliphatic heterocycles. The quantitative estimate of drug-likeness (QED) is 0.670. The van der Waals surface area contributed by atoms with Gasteiger partial charge in [0, 0.05) is 28.4 Å². The maximum absolute atomic E-state index is 6.04. The van der Waals surface area contributed by atoms with Gasteiger partial charge in [-0.15, -0.1) is 22.9 Å². The predicted molar refractivity (Wildman–Crippen MR) is 85.1 cm³/mol. The summed E-state index contributed by atoms with van der Waals surface area (Å²) >= 11 is 13.6. The molecule has 0 bridgehead atoms. The first-order valence-corrected chi connectivity index (χ1v) is 8.02. The van der Waals surface area contributed by atoms with E-state index in [2.05, 4.69) is 14.5 Å². The SMILES string of the molecule is Cc1ncc(Cn2c(CCCl)nc3cc(Cl)ccc32)s1. The summed E-state index contributed by atoms with van der Waals surface area (Å²) in [4.78, 5) is 10.2. The number of hydrogen-bond acceptors (Lipinski definition) is 3. The van der Waals surface area contributed by atoms with Crippen molar-refractivity contribution in [2.75, 3.05) is 5.88 Å². The zero-order valence-corrected chi connectivity index (χ0v) is 13.3. The molecule has 0 fully saturated rings. The minimum Gasteiger partial charge on any atom is -0.323 e. The van der Waals surface area contributed by atoms with Crippen LogP contribution in [-0.2, 0) is 13.0 Å². The molecule has 0 spiro atoms. The van der Waals surface area contributed by atoms with Gasteiger partial charge in [0.05, 0.1) is 22.6 Å². The van der Waals surface area contributed by atoms with E-state index in [4.69, 9.17) is 23.2 Å². The minimum absolute atomic E-state index is 0.554. The van der Waals surface area contributed by atoms with Crippen molar-refractivity contribution in [1.82, 2.24) is 14.5 Å². The Morgan fingerprint density at radius 1 is 1.35 bits per heavy atom. The fourth-order valence-electron chi connectivity index (χ4n) is 2.24. The van der Waals surface area contributed by atoms with Crippen LogP contribution in [0.2, 0.25) is 5.02 Å². The number of halogens is 2. The van der Waals surface area contributed by atoms with Crippen LogP contribution < -0.4 is 0 Å². The van der Waals surface area contributed by atoms with Gasteiger partial charge in [0.15, 0.2) is 0 Å². The van der Waals surface area contributed by atoms with Crippen molar-refractivity contribution < 1.29 is 0 Å². The molecule has 6 heteroatoms. The van der Waals surface area contributed by atoms with Gasteiger partial charge in [-0.05, 0) is 25.1 Å². The molecule has 3 aromatic rings. The highest BCUT2D eigenvalue weighted by Gasteiger charge is 2.12. The second-order valence-corrected chi connectivity index (χ2v) is 6.67. The zero-order chi connectivity index (χ0) is 14.1. The van der Waals surface area contributed by atoms with Crippen LogP contribution in [0.15, 0.2) is 24.4 Å². The maximum atomic E-state index is 6.04. The lowest BCUT2D eigenvalue weighted by atomic mass is 10.3. The molecule has 0 atom stereocenters. The predicted octanol–water partition coefficient (Wildman–Crippen LogP) is 4.28. The third-order valence-corrected chi connectivity index (χ3v) is 4.41. The van der Waals surface area contributed by atoms with Crippen molar-refractivity contribution in [3.63, 3.8) is 0 Å². The molecule has 1 aromatic carbocycles. The number of hydrogen-bond donors (Lipinski definition) is 0. The number of aryl methyl sites for hydroxylation is 2. The van der Waals surface area contributed by atoms with E-state index in [0.29, 0.717) is 10.9 Å². The molecule has 0 saturated heterocycles. The Morgan fingerprint density at radius 3 is 2.90 bits per heavy atom. The molecule has 3 rings (SSSR count). The smallest absolute Gasteiger partial charge is 0.111 e. The molecule has 0 aliphatic carbocycles. The monoisotopic (exact) mass is 325 g/mol. The number of alkyl halides is 1. The van der Waals surface area contributed by atoms with Crippen LogP contribution >= 0.6 is 34.5 Å². The van der Waals surface area contributed by atoms with Crippen molar-refractivity contribution in [2.24, 2.45) is 0 Å². The molecule has 2 aromatic heterocycles. The number of nitrogens with zero attached hydrogens (tertiary/aromatic N) is 3. The number of aromatic nitrogens is 3. The fourth-order valence-corrected chi connectivity index (χ4v) is 3.36. The highest BCUT2D eigenvalue weighted by molar-refractivity contribution is 7.11. The van der Waals surface area contributed by atoms with Gasteiger partial charge in [0.25, 0.3) is 0 Å². The molecular formula is C14H13Cl2N3S. The van der Waals surface area contributed by atoms with Crippen molar-refractivity contribution in [3.8, 4) is 0 Å². The first-order valence-electron chi connectivity index (χ1n) is 6.29. The standard InChI is InChI=1S/C14H13Cl2N3S/c1-9-17-7-11(20-9)8-19-13-3-2-10(16)6-12(13)18-14(19)4-5-15/h2-3,6-7H,4-5,8H2,1H3. The summed E-state index contributed by atoms with van der Waals surface area (Å²) in [6.45, 7) is 2.79. The van der Waals surface area contributed by atoms with Gasteiger partial charge in [0.2, 0.25) is 0 Å². The average molecular weight is 326 g/mol. The summed E-state index contributed by atoms with van der Waals surface area (Å²) in [5.74, 6) is 1.54. The maximum Gasteiger partial charge on any atom is 0.111 e. The van der Waals surface area contributed by atoms with E-state index < -0.39 is 0 Å². The summed E-state index contributed by atoms with van der Waals surface area (Å²) in [7, 11) is 0. The second-order valence-electron chi connectivity index (χ2n) is 4.53. The third kappa shape index (κ3) is 2.68. The van der Waals surface area contributed by atoms with Gasteiger partial charge in [-0.3, -0.25) is 0 Å². The summed E-state index contributed by atoms with van der Waals surface area (Å²) in [6.07, 6.45) is 2.66. The number of thiazole rings is 1. The van der Waals surface area contributed by atoms with Crippen LogP contribution in [0.25, 0.3) is 11.0 Å². The topological polar surface area (TPSA) is 30.7 Å². The van der Waals surface area contributed by atoms with Gasteiger partial charge < -0.3 is 4.57 Å². The Morgan fingerprint density at radius 2 is 2.20 bits per heavy atom. The molecule has 3 nitrogen and oxygen atoms in total. The third-order valence-electron chi connectivity index (χ3n) is 3.09. The number of rotatable bonds is 4. The summed E-state index contributed by atoms with van der Waals surface area (Å²) in [5.41, 5.74) is 2.00. The molecule has 0 radical (unpaired) electrons. The number of imidazole rings is 1. The largest absolute Gasteiger partial charge is 0.323 e. The van der Waals surface area contributed by atoms with E-state index in [-0.39, 0.29) is 0 Å². The lowest BCUT2D eigenvalue weighted by Crippen LogP contribution is -2.04. The summed E-state index contributed by atoms with van der Waals surface area (Å²) in [5, 5.41) is 1.78. The second kappa shape index (κ2) is 5.72. The van der Waals surface area contributed by atoms with Gasteiger partial charge in [-0.25, -0.2) is 9.97 Å². The Labute approximate surface area is 131 Å². The number of fused-ring (bicyclic) bond motifs is 1. The molecule has 0 saturated carbocycles. The lowest BCUT2D eigenvalue weighted by Gasteiger charge is -2.06. The molecule has 0 N–H and O–H groups in total. The van der Waals surface area contributed by atoms with Crippen molar-refractivity contribution in [2.45, 2.75) is 19.9 Å². The van der Waals surface area contributed by atoms with E-state index >= 15 is 0 Å². The number of benzene rings is 1. The average Bonchev–Trinajstić information content (AvgIpc) is 2.95. The molecule has 2 heterocycles.